The first-order chi connectivity index (χ1) is 12.5. The van der Waals surface area contributed by atoms with Crippen LogP contribution in [0.1, 0.15) is 44.5 Å². The van der Waals surface area contributed by atoms with Crippen LogP contribution in [0.4, 0.5) is 0 Å². The molecule has 1 heterocycles. The number of aryl methyl sites for hydroxylation is 2. The molecule has 3 aromatic rings. The molecular weight excluding hydrogens is 368 g/mol. The Bertz CT molecular complexity index is 1020. The van der Waals surface area contributed by atoms with Crippen molar-refractivity contribution < 1.29 is 14.3 Å². The number of rotatable bonds is 4. The summed E-state index contributed by atoms with van der Waals surface area (Å²) in [7, 11) is 0. The van der Waals surface area contributed by atoms with Crippen LogP contribution in [0, 0.1) is 0 Å². The van der Waals surface area contributed by atoms with Crippen molar-refractivity contribution in [1.82, 2.24) is 0 Å². The van der Waals surface area contributed by atoms with E-state index in [1.807, 2.05) is 42.5 Å². The van der Waals surface area contributed by atoms with Gasteiger partial charge in [-0.1, -0.05) is 41.9 Å². The van der Waals surface area contributed by atoms with Crippen LogP contribution in [0.2, 0.25) is 5.02 Å². The Hall–Kier alpha value is -2.17. The average Bonchev–Trinajstić information content (AvgIpc) is 3.25. The number of ether oxygens (including phenoxy) is 1. The highest BCUT2D eigenvalue weighted by atomic mass is 35.5. The summed E-state index contributed by atoms with van der Waals surface area (Å²) < 4.78 is 6.34. The number of esters is 1. The van der Waals surface area contributed by atoms with Gasteiger partial charge in [-0.2, -0.15) is 0 Å². The summed E-state index contributed by atoms with van der Waals surface area (Å²) >= 11 is 7.60. The monoisotopic (exact) mass is 384 g/mol. The van der Waals surface area contributed by atoms with Crippen molar-refractivity contribution in [1.29, 1.82) is 0 Å². The van der Waals surface area contributed by atoms with Gasteiger partial charge in [-0.25, -0.2) is 4.79 Å². The summed E-state index contributed by atoms with van der Waals surface area (Å²) in [5.74, 6) is -0.747. The maximum absolute atomic E-state index is 12.7. The fourth-order valence-corrected chi connectivity index (χ4v) is 4.76. The number of fused-ring (bicyclic) bond motifs is 2. The van der Waals surface area contributed by atoms with Gasteiger partial charge < -0.3 is 4.74 Å². The van der Waals surface area contributed by atoms with E-state index in [0.29, 0.717) is 15.5 Å². The zero-order valence-electron chi connectivity index (χ0n) is 14.3. The lowest BCUT2D eigenvalue weighted by atomic mass is 10.0. The van der Waals surface area contributed by atoms with Gasteiger partial charge in [0.25, 0.3) is 0 Å². The van der Waals surface area contributed by atoms with E-state index in [1.165, 1.54) is 22.5 Å². The lowest BCUT2D eigenvalue weighted by Gasteiger charge is -2.12. The van der Waals surface area contributed by atoms with Gasteiger partial charge in [0.2, 0.25) is 5.78 Å². The van der Waals surface area contributed by atoms with Crippen molar-refractivity contribution in [2.24, 2.45) is 0 Å². The molecule has 0 saturated carbocycles. The summed E-state index contributed by atoms with van der Waals surface area (Å²) in [6, 6.07) is 13.3. The number of halogens is 1. The van der Waals surface area contributed by atoms with E-state index in [2.05, 4.69) is 0 Å². The van der Waals surface area contributed by atoms with Crippen molar-refractivity contribution in [3.63, 3.8) is 0 Å². The molecule has 3 nitrogen and oxygen atoms in total. The molecule has 0 radical (unpaired) electrons. The molecule has 1 aliphatic rings. The molecule has 132 valence electrons. The van der Waals surface area contributed by atoms with Crippen LogP contribution in [0.5, 0.6) is 0 Å². The van der Waals surface area contributed by atoms with Gasteiger partial charge in [0, 0.05) is 15.6 Å². The van der Waals surface area contributed by atoms with E-state index >= 15 is 0 Å². The molecule has 0 spiro atoms. The minimum Gasteiger partial charge on any atom is -0.450 e. The van der Waals surface area contributed by atoms with E-state index in [-0.39, 0.29) is 5.78 Å². The normalized spacial score (nSPS) is 14.2. The minimum atomic E-state index is -0.858. The average molecular weight is 385 g/mol. The van der Waals surface area contributed by atoms with Gasteiger partial charge in [-0.15, -0.1) is 11.3 Å². The molecule has 0 amide bonds. The Kier molecular flexibility index (Phi) is 4.55. The lowest BCUT2D eigenvalue weighted by Crippen LogP contribution is -2.24. The quantitative estimate of drug-likeness (QED) is 0.442. The molecule has 0 fully saturated rings. The van der Waals surface area contributed by atoms with Crippen molar-refractivity contribution in [3.05, 3.63) is 69.1 Å². The van der Waals surface area contributed by atoms with Crippen LogP contribution in [0.3, 0.4) is 0 Å². The molecule has 26 heavy (non-hydrogen) atoms. The fraction of sp³-hybridized carbons (Fsp3) is 0.238. The number of benzene rings is 2. The molecule has 0 unspecified atom stereocenters. The van der Waals surface area contributed by atoms with Gasteiger partial charge in [0.1, 0.15) is 4.88 Å². The highest BCUT2D eigenvalue weighted by Gasteiger charge is 2.25. The number of Topliss-reactive ketones (excluding diaryl/α,β-unsaturated/α-hetero) is 1. The molecule has 4 rings (SSSR count). The predicted octanol–water partition coefficient (Wildman–Crippen LogP) is 5.47. The second-order valence-electron chi connectivity index (χ2n) is 6.49. The smallest absolute Gasteiger partial charge is 0.350 e. The summed E-state index contributed by atoms with van der Waals surface area (Å²) in [5, 5.41) is 1.21. The second kappa shape index (κ2) is 6.86. The molecule has 5 heteroatoms. The van der Waals surface area contributed by atoms with Crippen LogP contribution in [-0.2, 0) is 17.6 Å². The standard InChI is InChI=1S/C21H17ClO3S/c1-12(19(23)15-10-9-13-5-4-6-14(13)11-15)25-21(24)20-18(22)16-7-2-3-8-17(16)26-20/h2-3,7-12H,4-6H2,1H3/t12-/m1/s1. The first-order valence-electron chi connectivity index (χ1n) is 8.58. The number of hydrogen-bond donors (Lipinski definition) is 0. The molecular formula is C21H17ClO3S. The van der Waals surface area contributed by atoms with E-state index in [0.717, 1.165) is 29.3 Å². The van der Waals surface area contributed by atoms with Gasteiger partial charge in [0.05, 0.1) is 5.02 Å². The van der Waals surface area contributed by atoms with Crippen molar-refractivity contribution in [2.45, 2.75) is 32.3 Å². The fourth-order valence-electron chi connectivity index (χ4n) is 3.37. The van der Waals surface area contributed by atoms with Gasteiger partial charge in [-0.3, -0.25) is 4.79 Å². The van der Waals surface area contributed by atoms with Gasteiger partial charge >= 0.3 is 5.97 Å². The SMILES string of the molecule is C[C@@H](OC(=O)c1sc2ccccc2c1Cl)C(=O)c1ccc2c(c1)CCC2. The number of hydrogen-bond acceptors (Lipinski definition) is 4. The van der Waals surface area contributed by atoms with Gasteiger partial charge in [0.15, 0.2) is 6.10 Å². The highest BCUT2D eigenvalue weighted by Crippen LogP contribution is 2.35. The first-order valence-corrected chi connectivity index (χ1v) is 9.78. The minimum absolute atomic E-state index is 0.190. The Morgan fingerprint density at radius 1 is 1.12 bits per heavy atom. The predicted molar refractivity (Wildman–Crippen MR) is 105 cm³/mol. The van der Waals surface area contributed by atoms with Crippen LogP contribution in [0.15, 0.2) is 42.5 Å². The summed E-state index contributed by atoms with van der Waals surface area (Å²) in [4.78, 5) is 25.5. The third-order valence-corrected chi connectivity index (χ3v) is 6.41. The van der Waals surface area contributed by atoms with Gasteiger partial charge in [-0.05, 0) is 49.4 Å². The van der Waals surface area contributed by atoms with Crippen molar-refractivity contribution in [2.75, 3.05) is 0 Å². The van der Waals surface area contributed by atoms with Crippen molar-refractivity contribution in [3.8, 4) is 0 Å². The summed E-state index contributed by atoms with van der Waals surface area (Å²) in [5.41, 5.74) is 3.12. The van der Waals surface area contributed by atoms with E-state index in [9.17, 15) is 9.59 Å². The van der Waals surface area contributed by atoms with Crippen LogP contribution in [0.25, 0.3) is 10.1 Å². The Morgan fingerprint density at radius 2 is 1.88 bits per heavy atom. The topological polar surface area (TPSA) is 43.4 Å². The first kappa shape index (κ1) is 17.3. The largest absolute Gasteiger partial charge is 0.450 e. The molecule has 0 N–H and O–H groups in total. The number of ketones is 1. The summed E-state index contributed by atoms with van der Waals surface area (Å²) in [6.07, 6.45) is 2.34. The number of carbonyl (C=O) groups is 2. The van der Waals surface area contributed by atoms with E-state index < -0.39 is 12.1 Å². The molecule has 0 saturated heterocycles. The third-order valence-electron chi connectivity index (χ3n) is 4.76. The third kappa shape index (κ3) is 3.04. The molecule has 0 aliphatic heterocycles. The molecule has 2 aromatic carbocycles. The zero-order chi connectivity index (χ0) is 18.3. The van der Waals surface area contributed by atoms with E-state index in [4.69, 9.17) is 16.3 Å². The number of thiophene rings is 1. The Labute approximate surface area is 160 Å². The van der Waals surface area contributed by atoms with Crippen molar-refractivity contribution >= 4 is 44.8 Å². The maximum Gasteiger partial charge on any atom is 0.350 e. The maximum atomic E-state index is 12.7. The molecule has 1 atom stereocenters. The summed E-state index contributed by atoms with van der Waals surface area (Å²) in [6.45, 7) is 1.61. The molecule has 0 bridgehead atoms. The second-order valence-corrected chi connectivity index (χ2v) is 7.92. The molecule has 1 aliphatic carbocycles. The Morgan fingerprint density at radius 3 is 2.69 bits per heavy atom. The molecule has 1 aromatic heterocycles. The van der Waals surface area contributed by atoms with Crippen LogP contribution < -0.4 is 0 Å². The number of carbonyl (C=O) groups excluding carboxylic acids is 2. The Balaban J connectivity index is 1.53. The highest BCUT2D eigenvalue weighted by molar-refractivity contribution is 7.21. The lowest BCUT2D eigenvalue weighted by molar-refractivity contribution is 0.0324. The van der Waals surface area contributed by atoms with E-state index in [1.54, 1.807) is 6.92 Å². The zero-order valence-corrected chi connectivity index (χ0v) is 15.8. The van der Waals surface area contributed by atoms with Crippen LogP contribution in [-0.4, -0.2) is 17.9 Å². The van der Waals surface area contributed by atoms with Crippen LogP contribution >= 0.6 is 22.9 Å².